The lowest BCUT2D eigenvalue weighted by atomic mass is 10.2. The Morgan fingerprint density at radius 1 is 1.28 bits per heavy atom. The molecule has 1 atom stereocenters. The number of hydrogen-bond acceptors (Lipinski definition) is 3. The molecular formula is C11H26ClNO3Si2. The van der Waals surface area contributed by atoms with Crippen LogP contribution < -0.4 is 5.73 Å². The Bertz CT molecular complexity index is 270. The molecule has 1 amide bonds. The van der Waals surface area contributed by atoms with Gasteiger partial charge in [-0.05, 0) is 45.2 Å². The van der Waals surface area contributed by atoms with Crippen molar-refractivity contribution in [1.29, 1.82) is 0 Å². The summed E-state index contributed by atoms with van der Waals surface area (Å²) >= 11 is 5.72. The van der Waals surface area contributed by atoms with Gasteiger partial charge in [-0.2, -0.15) is 0 Å². The van der Waals surface area contributed by atoms with E-state index in [2.05, 4.69) is 32.7 Å². The number of hydrogen-bond donors (Lipinski definition) is 1. The smallest absolute Gasteiger partial charge is 0.404 e. The first kappa shape index (κ1) is 18.0. The highest BCUT2D eigenvalue weighted by Crippen LogP contribution is 2.21. The third-order valence-electron chi connectivity index (χ3n) is 2.34. The topological polar surface area (TPSA) is 61.6 Å². The van der Waals surface area contributed by atoms with Crippen LogP contribution in [0.3, 0.4) is 0 Å². The van der Waals surface area contributed by atoms with Gasteiger partial charge in [0.2, 0.25) is 0 Å². The molecule has 0 aromatic rings. The Morgan fingerprint density at radius 2 is 1.83 bits per heavy atom. The highest BCUT2D eigenvalue weighted by atomic mass is 35.5. The van der Waals surface area contributed by atoms with Crippen molar-refractivity contribution in [3.05, 3.63) is 0 Å². The standard InChI is InChI=1S/C11H26ClNO3Si2/c1-17(2,3)16-18(4,5)8-6-7-10(9-12)15-11(13)14/h10H,6-9H2,1-5H3,(H2,13,14). The summed E-state index contributed by atoms with van der Waals surface area (Å²) in [5.74, 6) is 0.291. The number of carbonyl (C=O) groups is 1. The number of rotatable bonds is 8. The highest BCUT2D eigenvalue weighted by molar-refractivity contribution is 6.84. The molecule has 7 heteroatoms. The lowest BCUT2D eigenvalue weighted by molar-refractivity contribution is 0.112. The van der Waals surface area contributed by atoms with E-state index < -0.39 is 22.7 Å². The van der Waals surface area contributed by atoms with Crippen LogP contribution in [0.2, 0.25) is 38.8 Å². The van der Waals surface area contributed by atoms with E-state index >= 15 is 0 Å². The number of nitrogens with two attached hydrogens (primary N) is 1. The Hall–Kier alpha value is -0.0462. The number of alkyl halides is 1. The summed E-state index contributed by atoms with van der Waals surface area (Å²) in [5.41, 5.74) is 4.98. The fourth-order valence-corrected chi connectivity index (χ4v) is 10.3. The molecule has 4 nitrogen and oxygen atoms in total. The largest absolute Gasteiger partial charge is 0.456 e. The summed E-state index contributed by atoms with van der Waals surface area (Å²) in [6.45, 7) is 11.1. The zero-order valence-electron chi connectivity index (χ0n) is 12.1. The quantitative estimate of drug-likeness (QED) is 0.551. The first-order chi connectivity index (χ1) is 8.06. The van der Waals surface area contributed by atoms with Gasteiger partial charge in [-0.15, -0.1) is 11.6 Å². The molecule has 108 valence electrons. The van der Waals surface area contributed by atoms with Crippen molar-refractivity contribution in [1.82, 2.24) is 0 Å². The molecule has 0 aromatic heterocycles. The summed E-state index contributed by atoms with van der Waals surface area (Å²) in [7, 11) is -3.09. The van der Waals surface area contributed by atoms with Gasteiger partial charge in [0, 0.05) is 0 Å². The molecule has 0 rings (SSSR count). The van der Waals surface area contributed by atoms with Crippen molar-refractivity contribution in [3.63, 3.8) is 0 Å². The maximum absolute atomic E-state index is 10.6. The molecule has 0 radical (unpaired) electrons. The van der Waals surface area contributed by atoms with E-state index in [9.17, 15) is 4.79 Å². The minimum Gasteiger partial charge on any atom is -0.456 e. The average Bonchev–Trinajstić information content (AvgIpc) is 2.11. The molecule has 0 saturated heterocycles. The molecule has 0 heterocycles. The Kier molecular flexibility index (Phi) is 7.50. The van der Waals surface area contributed by atoms with Crippen molar-refractivity contribution in [2.24, 2.45) is 5.73 Å². The molecule has 0 fully saturated rings. The number of primary amides is 1. The van der Waals surface area contributed by atoms with Crippen molar-refractivity contribution in [2.75, 3.05) is 5.88 Å². The van der Waals surface area contributed by atoms with E-state index in [-0.39, 0.29) is 6.10 Å². The molecule has 1 unspecified atom stereocenters. The molecule has 0 bridgehead atoms. The Labute approximate surface area is 117 Å². The van der Waals surface area contributed by atoms with Crippen LogP contribution in [0, 0.1) is 0 Å². The Balaban J connectivity index is 4.04. The molecule has 0 aromatic carbocycles. The first-order valence-corrected chi connectivity index (χ1v) is 13.3. The van der Waals surface area contributed by atoms with Gasteiger partial charge in [-0.3, -0.25) is 0 Å². The fourth-order valence-electron chi connectivity index (χ4n) is 1.97. The van der Waals surface area contributed by atoms with E-state index in [4.69, 9.17) is 26.2 Å². The maximum Gasteiger partial charge on any atom is 0.404 e. The van der Waals surface area contributed by atoms with Gasteiger partial charge in [-0.25, -0.2) is 4.79 Å². The second-order valence-electron chi connectivity index (χ2n) is 6.08. The van der Waals surface area contributed by atoms with Crippen LogP contribution >= 0.6 is 11.6 Å². The maximum atomic E-state index is 10.6. The van der Waals surface area contributed by atoms with Crippen molar-refractivity contribution in [2.45, 2.75) is 57.7 Å². The third kappa shape index (κ3) is 9.93. The summed E-state index contributed by atoms with van der Waals surface area (Å²) in [5, 5.41) is 0. The van der Waals surface area contributed by atoms with Crippen LogP contribution in [0.15, 0.2) is 0 Å². The molecule has 18 heavy (non-hydrogen) atoms. The molecule has 0 aliphatic carbocycles. The summed E-state index contributed by atoms with van der Waals surface area (Å²) in [6.07, 6.45) is 0.670. The zero-order valence-corrected chi connectivity index (χ0v) is 14.8. The third-order valence-corrected chi connectivity index (χ3v) is 8.90. The molecule has 0 saturated carbocycles. The van der Waals surface area contributed by atoms with Crippen molar-refractivity contribution < 1.29 is 13.6 Å². The fraction of sp³-hybridized carbons (Fsp3) is 0.909. The van der Waals surface area contributed by atoms with Crippen molar-refractivity contribution >= 4 is 34.3 Å². The number of ether oxygens (including phenoxy) is 1. The van der Waals surface area contributed by atoms with Crippen LogP contribution in [0.5, 0.6) is 0 Å². The van der Waals surface area contributed by atoms with E-state index in [0.717, 1.165) is 18.9 Å². The van der Waals surface area contributed by atoms with E-state index in [1.165, 1.54) is 0 Å². The molecule has 2 N–H and O–H groups in total. The van der Waals surface area contributed by atoms with E-state index in [1.54, 1.807) is 0 Å². The van der Waals surface area contributed by atoms with Crippen LogP contribution in [0.25, 0.3) is 0 Å². The van der Waals surface area contributed by atoms with Crippen LogP contribution in [-0.4, -0.2) is 34.7 Å². The molecule has 0 spiro atoms. The predicted molar refractivity (Wildman–Crippen MR) is 81.1 cm³/mol. The SMILES string of the molecule is C[Si](C)(C)O[Si](C)(C)CCCC(CCl)OC(N)=O. The lowest BCUT2D eigenvalue weighted by Gasteiger charge is -2.31. The second kappa shape index (κ2) is 7.52. The lowest BCUT2D eigenvalue weighted by Crippen LogP contribution is -2.42. The average molecular weight is 312 g/mol. The van der Waals surface area contributed by atoms with E-state index in [0.29, 0.717) is 5.88 Å². The second-order valence-corrected chi connectivity index (χ2v) is 15.4. The van der Waals surface area contributed by atoms with Crippen LogP contribution in [0.4, 0.5) is 4.79 Å². The predicted octanol–water partition coefficient (Wildman–Crippen LogP) is 3.53. The molecule has 0 aliphatic rings. The minimum atomic E-state index is -1.61. The monoisotopic (exact) mass is 311 g/mol. The van der Waals surface area contributed by atoms with Gasteiger partial charge in [0.25, 0.3) is 0 Å². The number of amides is 1. The molecule has 0 aliphatic heterocycles. The van der Waals surface area contributed by atoms with Crippen LogP contribution in [0.1, 0.15) is 12.8 Å². The van der Waals surface area contributed by atoms with Crippen LogP contribution in [-0.2, 0) is 8.85 Å². The zero-order chi connectivity index (χ0) is 14.4. The summed E-state index contributed by atoms with van der Waals surface area (Å²) in [4.78, 5) is 10.6. The van der Waals surface area contributed by atoms with Gasteiger partial charge >= 0.3 is 6.09 Å². The highest BCUT2D eigenvalue weighted by Gasteiger charge is 2.29. The van der Waals surface area contributed by atoms with Gasteiger partial charge < -0.3 is 14.6 Å². The van der Waals surface area contributed by atoms with Gasteiger partial charge in [-0.1, -0.05) is 6.42 Å². The van der Waals surface area contributed by atoms with Gasteiger partial charge in [0.15, 0.2) is 16.6 Å². The minimum absolute atomic E-state index is 0.277. The van der Waals surface area contributed by atoms with E-state index in [1.807, 2.05) is 0 Å². The normalized spacial score (nSPS) is 14.3. The number of halogens is 1. The first-order valence-electron chi connectivity index (χ1n) is 6.28. The molecular weight excluding hydrogens is 286 g/mol. The van der Waals surface area contributed by atoms with Gasteiger partial charge in [0.05, 0.1) is 5.88 Å². The van der Waals surface area contributed by atoms with Crippen molar-refractivity contribution in [3.8, 4) is 0 Å². The summed E-state index contributed by atoms with van der Waals surface area (Å²) < 4.78 is 11.1. The summed E-state index contributed by atoms with van der Waals surface area (Å²) in [6, 6.07) is 1.05. The Morgan fingerprint density at radius 3 is 2.22 bits per heavy atom. The van der Waals surface area contributed by atoms with Gasteiger partial charge in [0.1, 0.15) is 6.10 Å². The number of carbonyl (C=O) groups excluding carboxylic acids is 1.